The van der Waals surface area contributed by atoms with E-state index in [-0.39, 0.29) is 29.4 Å². The Kier molecular flexibility index (Phi) is 9.59. The lowest BCUT2D eigenvalue weighted by molar-refractivity contribution is -0.118. The molecule has 1 atom stereocenters. The number of thioether (sulfide) groups is 1. The van der Waals surface area contributed by atoms with Crippen LogP contribution in [0.3, 0.4) is 0 Å². The molecule has 0 bridgehead atoms. The molecule has 1 unspecified atom stereocenters. The number of hydrogen-bond acceptors (Lipinski definition) is 4. The van der Waals surface area contributed by atoms with Gasteiger partial charge in [0.2, 0.25) is 11.8 Å². The molecule has 0 saturated heterocycles. The summed E-state index contributed by atoms with van der Waals surface area (Å²) in [4.78, 5) is 23.7. The maximum Gasteiger partial charge on any atom is 0.234 e. The van der Waals surface area contributed by atoms with Crippen molar-refractivity contribution in [1.29, 1.82) is 0 Å². The van der Waals surface area contributed by atoms with Gasteiger partial charge in [-0.15, -0.1) is 11.8 Å². The van der Waals surface area contributed by atoms with Crippen molar-refractivity contribution >= 4 is 29.3 Å². The summed E-state index contributed by atoms with van der Waals surface area (Å²) in [5, 5.41) is 5.69. The van der Waals surface area contributed by atoms with Gasteiger partial charge in [0.05, 0.1) is 17.6 Å². The number of hydrogen-bond donors (Lipinski definition) is 2. The molecular weight excluding hydrogens is 372 g/mol. The van der Waals surface area contributed by atoms with Crippen LogP contribution >= 0.6 is 11.8 Å². The van der Waals surface area contributed by atoms with Gasteiger partial charge in [0.1, 0.15) is 0 Å². The number of carbonyl (C=O) groups is 2. The number of aryl methyl sites for hydroxylation is 1. The summed E-state index contributed by atoms with van der Waals surface area (Å²) in [6.45, 7) is 5.15. The zero-order chi connectivity index (χ0) is 20.2. The lowest BCUT2D eigenvalue weighted by Crippen LogP contribution is -2.27. The summed E-state index contributed by atoms with van der Waals surface area (Å²) in [5.41, 5.74) is 3.01. The molecule has 0 aliphatic carbocycles. The molecule has 2 rings (SSSR count). The normalized spacial score (nSPS) is 11.6. The van der Waals surface area contributed by atoms with Crippen molar-refractivity contribution in [3.05, 3.63) is 65.7 Å². The fourth-order valence-electron chi connectivity index (χ4n) is 2.59. The van der Waals surface area contributed by atoms with Gasteiger partial charge >= 0.3 is 0 Å². The van der Waals surface area contributed by atoms with E-state index in [0.29, 0.717) is 13.2 Å². The van der Waals surface area contributed by atoms with Crippen molar-refractivity contribution in [2.24, 2.45) is 0 Å². The topological polar surface area (TPSA) is 67.4 Å². The number of amides is 2. The standard InChI is InChI=1S/C22H28N2O3S/c1-17-8-6-11-20(14-17)24-22(26)16-28-15-21(25)23-12-7-13-27-18(2)19-9-4-3-5-10-19/h3-6,8-11,14,18H,7,12-13,15-16H2,1-2H3,(H,23,25)(H,24,26). The second-order valence-corrected chi connectivity index (χ2v) is 7.52. The number of carbonyl (C=O) groups excluding carboxylic acids is 2. The number of rotatable bonds is 11. The number of ether oxygens (including phenoxy) is 1. The van der Waals surface area contributed by atoms with Crippen LogP contribution in [-0.4, -0.2) is 36.5 Å². The fourth-order valence-corrected chi connectivity index (χ4v) is 3.23. The van der Waals surface area contributed by atoms with Crippen molar-refractivity contribution in [3.8, 4) is 0 Å². The van der Waals surface area contributed by atoms with Crippen LogP contribution in [0.15, 0.2) is 54.6 Å². The fraction of sp³-hybridized carbons (Fsp3) is 0.364. The average Bonchev–Trinajstić information content (AvgIpc) is 2.68. The Morgan fingerprint density at radius 1 is 1.04 bits per heavy atom. The molecule has 2 aromatic rings. The van der Waals surface area contributed by atoms with Gasteiger partial charge in [0.15, 0.2) is 0 Å². The van der Waals surface area contributed by atoms with Crippen LogP contribution in [0, 0.1) is 6.92 Å². The molecule has 0 radical (unpaired) electrons. The molecule has 150 valence electrons. The van der Waals surface area contributed by atoms with E-state index in [2.05, 4.69) is 10.6 Å². The van der Waals surface area contributed by atoms with Gasteiger partial charge in [-0.3, -0.25) is 9.59 Å². The van der Waals surface area contributed by atoms with E-state index in [4.69, 9.17) is 4.74 Å². The lowest BCUT2D eigenvalue weighted by atomic mass is 10.1. The molecule has 2 aromatic carbocycles. The van der Waals surface area contributed by atoms with Crippen LogP contribution in [0.25, 0.3) is 0 Å². The van der Waals surface area contributed by atoms with E-state index in [9.17, 15) is 9.59 Å². The minimum absolute atomic E-state index is 0.0411. The summed E-state index contributed by atoms with van der Waals surface area (Å²) >= 11 is 1.30. The Balaban J connectivity index is 1.51. The van der Waals surface area contributed by atoms with E-state index < -0.39 is 0 Å². The monoisotopic (exact) mass is 400 g/mol. The molecule has 0 saturated carbocycles. The molecule has 0 fully saturated rings. The van der Waals surface area contributed by atoms with Crippen LogP contribution in [0.5, 0.6) is 0 Å². The highest BCUT2D eigenvalue weighted by Gasteiger charge is 2.07. The molecule has 2 N–H and O–H groups in total. The molecule has 0 aliphatic heterocycles. The van der Waals surface area contributed by atoms with Crippen molar-refractivity contribution in [2.75, 3.05) is 30.0 Å². The number of anilines is 1. The Hall–Kier alpha value is -2.31. The van der Waals surface area contributed by atoms with Crippen molar-refractivity contribution in [2.45, 2.75) is 26.4 Å². The third-order valence-corrected chi connectivity index (χ3v) is 4.98. The van der Waals surface area contributed by atoms with E-state index in [1.165, 1.54) is 11.8 Å². The predicted octanol–water partition coefficient (Wildman–Crippen LogP) is 3.95. The summed E-state index contributed by atoms with van der Waals surface area (Å²) in [6, 6.07) is 17.7. The Morgan fingerprint density at radius 2 is 1.79 bits per heavy atom. The van der Waals surface area contributed by atoms with Gasteiger partial charge in [-0.1, -0.05) is 42.5 Å². The maximum atomic E-state index is 11.9. The minimum atomic E-state index is -0.105. The smallest absolute Gasteiger partial charge is 0.234 e. The quantitative estimate of drug-likeness (QED) is 0.561. The van der Waals surface area contributed by atoms with Crippen molar-refractivity contribution < 1.29 is 14.3 Å². The number of nitrogens with one attached hydrogen (secondary N) is 2. The van der Waals surface area contributed by atoms with Crippen LogP contribution in [0.4, 0.5) is 5.69 Å². The summed E-state index contributed by atoms with van der Waals surface area (Å²) in [7, 11) is 0. The molecule has 0 aliphatic rings. The highest BCUT2D eigenvalue weighted by molar-refractivity contribution is 8.00. The van der Waals surface area contributed by atoms with E-state index in [0.717, 1.165) is 23.2 Å². The minimum Gasteiger partial charge on any atom is -0.374 e. The summed E-state index contributed by atoms with van der Waals surface area (Å²) < 4.78 is 5.78. The second kappa shape index (κ2) is 12.2. The molecule has 0 heterocycles. The summed E-state index contributed by atoms with van der Waals surface area (Å²) in [5.74, 6) is 0.345. The van der Waals surface area contributed by atoms with Gasteiger partial charge in [-0.05, 0) is 43.5 Å². The van der Waals surface area contributed by atoms with Crippen LogP contribution in [0.1, 0.15) is 30.6 Å². The molecule has 0 aromatic heterocycles. The molecule has 5 nitrogen and oxygen atoms in total. The SMILES string of the molecule is Cc1cccc(NC(=O)CSCC(=O)NCCCOC(C)c2ccccc2)c1. The van der Waals surface area contributed by atoms with Gasteiger partial charge in [0.25, 0.3) is 0 Å². The zero-order valence-corrected chi connectivity index (χ0v) is 17.3. The highest BCUT2D eigenvalue weighted by Crippen LogP contribution is 2.15. The van der Waals surface area contributed by atoms with Crippen molar-refractivity contribution in [1.82, 2.24) is 5.32 Å². The van der Waals surface area contributed by atoms with Crippen LogP contribution in [0.2, 0.25) is 0 Å². The molecule has 0 spiro atoms. The predicted molar refractivity (Wildman–Crippen MR) is 116 cm³/mol. The second-order valence-electron chi connectivity index (χ2n) is 6.54. The zero-order valence-electron chi connectivity index (χ0n) is 16.4. The third kappa shape index (κ3) is 8.59. The number of benzene rings is 2. The molecule has 6 heteroatoms. The highest BCUT2D eigenvalue weighted by atomic mass is 32.2. The Morgan fingerprint density at radius 3 is 2.54 bits per heavy atom. The van der Waals surface area contributed by atoms with Gasteiger partial charge < -0.3 is 15.4 Å². The molecular formula is C22H28N2O3S. The van der Waals surface area contributed by atoms with E-state index >= 15 is 0 Å². The van der Waals surface area contributed by atoms with E-state index in [1.807, 2.05) is 68.4 Å². The first kappa shape index (κ1) is 22.0. The Bertz CT molecular complexity index is 752. The summed E-state index contributed by atoms with van der Waals surface area (Å²) in [6.07, 6.45) is 0.792. The first-order valence-corrected chi connectivity index (χ1v) is 10.6. The van der Waals surface area contributed by atoms with Crippen molar-refractivity contribution in [3.63, 3.8) is 0 Å². The van der Waals surface area contributed by atoms with Gasteiger partial charge in [-0.2, -0.15) is 0 Å². The average molecular weight is 401 g/mol. The van der Waals surface area contributed by atoms with Crippen LogP contribution in [-0.2, 0) is 14.3 Å². The van der Waals surface area contributed by atoms with Gasteiger partial charge in [-0.25, -0.2) is 0 Å². The van der Waals surface area contributed by atoms with Gasteiger partial charge in [0, 0.05) is 18.8 Å². The largest absolute Gasteiger partial charge is 0.374 e. The first-order chi connectivity index (χ1) is 13.5. The lowest BCUT2D eigenvalue weighted by Gasteiger charge is -2.13. The molecule has 28 heavy (non-hydrogen) atoms. The maximum absolute atomic E-state index is 11.9. The molecule has 2 amide bonds. The third-order valence-electron chi connectivity index (χ3n) is 4.05. The van der Waals surface area contributed by atoms with Crippen LogP contribution < -0.4 is 10.6 Å². The first-order valence-electron chi connectivity index (χ1n) is 9.42. The Labute approximate surface area is 171 Å². The van der Waals surface area contributed by atoms with E-state index in [1.54, 1.807) is 0 Å².